The minimum Gasteiger partial charge on any atom is -0.336 e. The molecule has 27 heavy (non-hydrogen) atoms. The van der Waals surface area contributed by atoms with E-state index in [9.17, 15) is 4.79 Å². The zero-order valence-electron chi connectivity index (χ0n) is 16.3. The molecule has 0 radical (unpaired) electrons. The molecule has 6 heteroatoms. The van der Waals surface area contributed by atoms with Gasteiger partial charge in [0.15, 0.2) is 0 Å². The summed E-state index contributed by atoms with van der Waals surface area (Å²) in [6, 6.07) is 5.35. The van der Waals surface area contributed by atoms with Crippen molar-refractivity contribution in [2.24, 2.45) is 5.92 Å². The summed E-state index contributed by atoms with van der Waals surface area (Å²) in [5.41, 5.74) is 1.21. The minimum atomic E-state index is 0. The lowest BCUT2D eigenvalue weighted by Gasteiger charge is -2.40. The van der Waals surface area contributed by atoms with Crippen molar-refractivity contribution in [3.05, 3.63) is 30.1 Å². The second-order valence-electron chi connectivity index (χ2n) is 8.42. The van der Waals surface area contributed by atoms with Crippen LogP contribution in [0.4, 0.5) is 0 Å². The van der Waals surface area contributed by atoms with E-state index >= 15 is 0 Å². The van der Waals surface area contributed by atoms with Gasteiger partial charge in [0, 0.05) is 50.2 Å². The number of nitrogens with one attached hydrogen (secondary N) is 1. The van der Waals surface area contributed by atoms with Gasteiger partial charge in [-0.25, -0.2) is 0 Å². The Morgan fingerprint density at radius 3 is 2.56 bits per heavy atom. The first-order chi connectivity index (χ1) is 12.7. The number of hydrogen-bond acceptors (Lipinski definition) is 4. The minimum absolute atomic E-state index is 0. The van der Waals surface area contributed by atoms with E-state index in [0.29, 0.717) is 24.5 Å². The van der Waals surface area contributed by atoms with E-state index in [4.69, 9.17) is 0 Å². The SMILES string of the molecule is CC1CCC(N(C(=O)CN2CCNCC2c2cccnc2)C2CC2)CC1.Cl. The van der Waals surface area contributed by atoms with Gasteiger partial charge in [0.25, 0.3) is 0 Å². The molecule has 3 fully saturated rings. The maximum atomic E-state index is 13.3. The topological polar surface area (TPSA) is 48.5 Å². The van der Waals surface area contributed by atoms with Crippen LogP contribution in [0.2, 0.25) is 0 Å². The summed E-state index contributed by atoms with van der Waals surface area (Å²) in [5.74, 6) is 1.17. The van der Waals surface area contributed by atoms with E-state index < -0.39 is 0 Å². The maximum absolute atomic E-state index is 13.3. The van der Waals surface area contributed by atoms with Crippen LogP contribution in [0.1, 0.15) is 57.1 Å². The summed E-state index contributed by atoms with van der Waals surface area (Å²) in [5, 5.41) is 3.47. The zero-order valence-corrected chi connectivity index (χ0v) is 17.2. The van der Waals surface area contributed by atoms with Crippen LogP contribution in [0.15, 0.2) is 24.5 Å². The number of amides is 1. The van der Waals surface area contributed by atoms with Crippen LogP contribution >= 0.6 is 12.4 Å². The molecule has 5 nitrogen and oxygen atoms in total. The Balaban J connectivity index is 0.00000210. The summed E-state index contributed by atoms with van der Waals surface area (Å²) >= 11 is 0. The highest BCUT2D eigenvalue weighted by atomic mass is 35.5. The summed E-state index contributed by atoms with van der Waals surface area (Å²) in [6.07, 6.45) is 11.1. The molecule has 1 aromatic rings. The van der Waals surface area contributed by atoms with Crippen molar-refractivity contribution in [1.29, 1.82) is 0 Å². The Morgan fingerprint density at radius 2 is 1.93 bits per heavy atom. The van der Waals surface area contributed by atoms with Gasteiger partial charge >= 0.3 is 0 Å². The molecule has 0 bridgehead atoms. The van der Waals surface area contributed by atoms with Gasteiger partial charge in [0.05, 0.1) is 6.54 Å². The van der Waals surface area contributed by atoms with Gasteiger partial charge in [-0.15, -0.1) is 12.4 Å². The predicted octanol–water partition coefficient (Wildman–Crippen LogP) is 3.02. The molecule has 1 aromatic heterocycles. The van der Waals surface area contributed by atoms with E-state index in [0.717, 1.165) is 25.6 Å². The largest absolute Gasteiger partial charge is 0.336 e. The number of nitrogens with zero attached hydrogens (tertiary/aromatic N) is 3. The van der Waals surface area contributed by atoms with Crippen LogP contribution in [0, 0.1) is 5.92 Å². The number of rotatable bonds is 5. The van der Waals surface area contributed by atoms with E-state index in [-0.39, 0.29) is 18.4 Å². The predicted molar refractivity (Wildman–Crippen MR) is 110 cm³/mol. The quantitative estimate of drug-likeness (QED) is 0.836. The Hall–Kier alpha value is -1.17. The third-order valence-corrected chi connectivity index (χ3v) is 6.37. The van der Waals surface area contributed by atoms with Crippen LogP contribution in [-0.4, -0.2) is 59.0 Å². The average Bonchev–Trinajstić information content (AvgIpc) is 3.50. The highest BCUT2D eigenvalue weighted by Gasteiger charge is 2.39. The molecule has 1 atom stereocenters. The van der Waals surface area contributed by atoms with E-state index in [2.05, 4.69) is 33.1 Å². The summed E-state index contributed by atoms with van der Waals surface area (Å²) in [7, 11) is 0. The molecule has 0 spiro atoms. The highest BCUT2D eigenvalue weighted by Crippen LogP contribution is 2.35. The summed E-state index contributed by atoms with van der Waals surface area (Å²) in [6.45, 7) is 5.66. The first-order valence-electron chi connectivity index (χ1n) is 10.4. The Bertz CT molecular complexity index is 601. The van der Waals surface area contributed by atoms with Gasteiger partial charge in [-0.3, -0.25) is 14.7 Å². The molecular weight excluding hydrogens is 360 g/mol. The number of halogens is 1. The normalized spacial score (nSPS) is 29.0. The van der Waals surface area contributed by atoms with Crippen LogP contribution in [0.25, 0.3) is 0 Å². The van der Waals surface area contributed by atoms with Gasteiger partial charge in [0.1, 0.15) is 0 Å². The van der Waals surface area contributed by atoms with Crippen LogP contribution in [-0.2, 0) is 4.79 Å². The number of hydrogen-bond donors (Lipinski definition) is 1. The maximum Gasteiger partial charge on any atom is 0.237 e. The standard InChI is InChI=1S/C21H32N4O.ClH/c1-16-4-6-18(7-5-16)25(19-8-9-19)21(26)15-24-12-11-23-14-20(24)17-3-2-10-22-13-17;/h2-3,10,13,16,18-20,23H,4-9,11-12,14-15H2,1H3;1H. The number of aromatic nitrogens is 1. The molecule has 2 saturated carbocycles. The second-order valence-corrected chi connectivity index (χ2v) is 8.42. The average molecular weight is 393 g/mol. The van der Waals surface area contributed by atoms with Gasteiger partial charge < -0.3 is 10.2 Å². The molecule has 2 aliphatic carbocycles. The Labute approximate surface area is 169 Å². The molecule has 1 saturated heterocycles. The lowest BCUT2D eigenvalue weighted by Crippen LogP contribution is -2.52. The number of carbonyl (C=O) groups is 1. The summed E-state index contributed by atoms with van der Waals surface area (Å²) < 4.78 is 0. The lowest BCUT2D eigenvalue weighted by atomic mass is 9.86. The first kappa shape index (κ1) is 20.6. The van der Waals surface area contributed by atoms with Crippen molar-refractivity contribution in [3.8, 4) is 0 Å². The fraction of sp³-hybridized carbons (Fsp3) is 0.714. The second kappa shape index (κ2) is 9.35. The van der Waals surface area contributed by atoms with Crippen molar-refractivity contribution >= 4 is 18.3 Å². The van der Waals surface area contributed by atoms with Crippen molar-refractivity contribution in [1.82, 2.24) is 20.1 Å². The molecule has 2 heterocycles. The van der Waals surface area contributed by atoms with E-state index in [1.165, 1.54) is 44.1 Å². The van der Waals surface area contributed by atoms with Gasteiger partial charge in [-0.1, -0.05) is 13.0 Å². The lowest BCUT2D eigenvalue weighted by molar-refractivity contribution is -0.137. The molecule has 1 aliphatic heterocycles. The van der Waals surface area contributed by atoms with E-state index in [1.807, 2.05) is 18.5 Å². The molecule has 0 aromatic carbocycles. The number of piperazine rings is 1. The molecule has 4 rings (SSSR count). The molecule has 1 amide bonds. The molecule has 150 valence electrons. The number of pyridine rings is 1. The highest BCUT2D eigenvalue weighted by molar-refractivity contribution is 5.85. The monoisotopic (exact) mass is 392 g/mol. The van der Waals surface area contributed by atoms with Crippen LogP contribution < -0.4 is 5.32 Å². The summed E-state index contributed by atoms with van der Waals surface area (Å²) in [4.78, 5) is 22.2. The molecule has 1 unspecified atom stereocenters. The first-order valence-corrected chi connectivity index (χ1v) is 10.4. The van der Waals surface area contributed by atoms with Gasteiger partial charge in [-0.05, 0) is 56.1 Å². The van der Waals surface area contributed by atoms with Crippen LogP contribution in [0.3, 0.4) is 0 Å². The Morgan fingerprint density at radius 1 is 1.22 bits per heavy atom. The van der Waals surface area contributed by atoms with Crippen molar-refractivity contribution < 1.29 is 4.79 Å². The zero-order chi connectivity index (χ0) is 17.9. The molecular formula is C21H33ClN4O. The van der Waals surface area contributed by atoms with Crippen molar-refractivity contribution in [2.45, 2.75) is 63.6 Å². The van der Waals surface area contributed by atoms with Crippen LogP contribution in [0.5, 0.6) is 0 Å². The molecule has 3 aliphatic rings. The fourth-order valence-electron chi connectivity index (χ4n) is 4.67. The third-order valence-electron chi connectivity index (χ3n) is 6.37. The number of carbonyl (C=O) groups excluding carboxylic acids is 1. The van der Waals surface area contributed by atoms with Crippen molar-refractivity contribution in [2.75, 3.05) is 26.2 Å². The van der Waals surface area contributed by atoms with Gasteiger partial charge in [0.2, 0.25) is 5.91 Å². The van der Waals surface area contributed by atoms with E-state index in [1.54, 1.807) is 0 Å². The van der Waals surface area contributed by atoms with Crippen molar-refractivity contribution in [3.63, 3.8) is 0 Å². The smallest absolute Gasteiger partial charge is 0.237 e. The fourth-order valence-corrected chi connectivity index (χ4v) is 4.67. The van der Waals surface area contributed by atoms with Gasteiger partial charge in [-0.2, -0.15) is 0 Å². The Kier molecular flexibility index (Phi) is 7.12. The molecule has 1 N–H and O–H groups in total. The third kappa shape index (κ3) is 5.01.